The van der Waals surface area contributed by atoms with Crippen LogP contribution < -0.4 is 29.6 Å². The zero-order chi connectivity index (χ0) is 14.4. The minimum absolute atomic E-state index is 0. The molecule has 0 aliphatic heterocycles. The summed E-state index contributed by atoms with van der Waals surface area (Å²) in [7, 11) is -4.11. The van der Waals surface area contributed by atoms with Crippen molar-refractivity contribution in [3.63, 3.8) is 0 Å². The first kappa shape index (κ1) is 23.1. The Morgan fingerprint density at radius 3 is 1.70 bits per heavy atom. The molecule has 0 aromatic heterocycles. The molecule has 116 valence electrons. The Morgan fingerprint density at radius 1 is 0.800 bits per heavy atom. The van der Waals surface area contributed by atoms with Crippen molar-refractivity contribution < 1.29 is 47.3 Å². The molecule has 0 aliphatic rings. The van der Waals surface area contributed by atoms with Gasteiger partial charge in [-0.3, -0.25) is 0 Å². The molecular formula is C14H29NaO4S. The fourth-order valence-corrected chi connectivity index (χ4v) is 2.28. The maximum atomic E-state index is 10.3. The summed E-state index contributed by atoms with van der Waals surface area (Å²) >= 11 is 0. The van der Waals surface area contributed by atoms with Gasteiger partial charge in [-0.25, -0.2) is 8.42 Å². The minimum Gasteiger partial charge on any atom is -0.748 e. The van der Waals surface area contributed by atoms with E-state index >= 15 is 0 Å². The molecule has 0 saturated carbocycles. The summed E-state index contributed by atoms with van der Waals surface area (Å²) in [6.45, 7) is 2.82. The first-order chi connectivity index (χ1) is 9.06. The number of ether oxygens (including phenoxy) is 1. The molecule has 0 heterocycles. The van der Waals surface area contributed by atoms with Gasteiger partial charge in [0.2, 0.25) is 0 Å². The molecule has 0 atom stereocenters. The first-order valence-electron chi connectivity index (χ1n) is 7.57. The number of hydrogen-bond acceptors (Lipinski definition) is 4. The van der Waals surface area contributed by atoms with Crippen LogP contribution in [0.15, 0.2) is 0 Å². The Balaban J connectivity index is 0. The molecule has 0 unspecified atom stereocenters. The number of hydrogen-bond donors (Lipinski definition) is 0. The van der Waals surface area contributed by atoms with Crippen LogP contribution in [0, 0.1) is 0 Å². The van der Waals surface area contributed by atoms with Crippen LogP contribution >= 0.6 is 0 Å². The Morgan fingerprint density at radius 2 is 1.25 bits per heavy atom. The Labute approximate surface area is 147 Å². The van der Waals surface area contributed by atoms with E-state index in [-0.39, 0.29) is 36.2 Å². The van der Waals surface area contributed by atoms with E-state index in [1.54, 1.807) is 0 Å². The molecular weight excluding hydrogens is 287 g/mol. The molecule has 0 bridgehead atoms. The van der Waals surface area contributed by atoms with Crippen molar-refractivity contribution in [1.29, 1.82) is 0 Å². The normalized spacial score (nSPS) is 11.3. The maximum Gasteiger partial charge on any atom is 1.00 e. The SMILES string of the molecule is CCCCCCCCCCCCOCCS(=O)(=O)[O-].[Na+]. The Hall–Kier alpha value is 0.870. The van der Waals surface area contributed by atoms with Crippen LogP contribution in [-0.4, -0.2) is 31.9 Å². The molecule has 0 rings (SSSR count). The topological polar surface area (TPSA) is 66.4 Å². The van der Waals surface area contributed by atoms with E-state index in [1.807, 2.05) is 0 Å². The summed E-state index contributed by atoms with van der Waals surface area (Å²) in [5.41, 5.74) is 0. The molecule has 0 aromatic rings. The average Bonchev–Trinajstić information content (AvgIpc) is 2.34. The van der Waals surface area contributed by atoms with Gasteiger partial charge in [0.05, 0.1) is 22.5 Å². The number of rotatable bonds is 14. The van der Waals surface area contributed by atoms with Crippen molar-refractivity contribution in [1.82, 2.24) is 0 Å². The van der Waals surface area contributed by atoms with Crippen LogP contribution in [0.2, 0.25) is 0 Å². The molecule has 0 aromatic carbocycles. The molecule has 0 amide bonds. The van der Waals surface area contributed by atoms with Crippen LogP contribution in [0.3, 0.4) is 0 Å². The summed E-state index contributed by atoms with van der Waals surface area (Å²) in [6, 6.07) is 0. The van der Waals surface area contributed by atoms with Gasteiger partial charge in [0, 0.05) is 6.61 Å². The van der Waals surface area contributed by atoms with Gasteiger partial charge in [0.1, 0.15) is 0 Å². The van der Waals surface area contributed by atoms with E-state index in [0.29, 0.717) is 6.61 Å². The Kier molecular flexibility index (Phi) is 18.8. The van der Waals surface area contributed by atoms with Crippen molar-refractivity contribution in [2.45, 2.75) is 71.1 Å². The largest absolute Gasteiger partial charge is 1.00 e. The van der Waals surface area contributed by atoms with E-state index in [0.717, 1.165) is 12.8 Å². The fraction of sp³-hybridized carbons (Fsp3) is 1.00. The van der Waals surface area contributed by atoms with Gasteiger partial charge in [-0.15, -0.1) is 0 Å². The monoisotopic (exact) mass is 316 g/mol. The van der Waals surface area contributed by atoms with Crippen LogP contribution in [0.4, 0.5) is 0 Å². The van der Waals surface area contributed by atoms with Crippen molar-refractivity contribution in [2.75, 3.05) is 19.0 Å². The van der Waals surface area contributed by atoms with Gasteiger partial charge < -0.3 is 9.29 Å². The van der Waals surface area contributed by atoms with Gasteiger partial charge in [-0.05, 0) is 6.42 Å². The van der Waals surface area contributed by atoms with Gasteiger partial charge in [-0.1, -0.05) is 64.7 Å². The summed E-state index contributed by atoms with van der Waals surface area (Å²) in [4.78, 5) is 0. The molecule has 4 nitrogen and oxygen atoms in total. The quantitative estimate of drug-likeness (QED) is 0.265. The van der Waals surface area contributed by atoms with E-state index in [2.05, 4.69) is 6.92 Å². The standard InChI is InChI=1S/C14H30O4S.Na/c1-2-3-4-5-6-7-8-9-10-11-12-18-13-14-19(15,16)17;/h2-14H2,1H3,(H,15,16,17);/q;+1/p-1. The van der Waals surface area contributed by atoms with E-state index in [9.17, 15) is 13.0 Å². The summed E-state index contributed by atoms with van der Waals surface area (Å²) in [5, 5.41) is 0. The third-order valence-electron chi connectivity index (χ3n) is 3.12. The third kappa shape index (κ3) is 21.2. The van der Waals surface area contributed by atoms with Crippen molar-refractivity contribution in [2.24, 2.45) is 0 Å². The van der Waals surface area contributed by atoms with Gasteiger partial charge in [-0.2, -0.15) is 0 Å². The molecule has 0 fully saturated rings. The number of unbranched alkanes of at least 4 members (excludes halogenated alkanes) is 9. The predicted octanol–water partition coefficient (Wildman–Crippen LogP) is 0.473. The second kappa shape index (κ2) is 16.2. The van der Waals surface area contributed by atoms with E-state index in [4.69, 9.17) is 4.74 Å². The minimum atomic E-state index is -4.11. The summed E-state index contributed by atoms with van der Waals surface area (Å²) in [5.74, 6) is -0.412. The van der Waals surface area contributed by atoms with Gasteiger partial charge in [0.15, 0.2) is 0 Å². The van der Waals surface area contributed by atoms with Crippen LogP contribution in [-0.2, 0) is 14.9 Å². The molecule has 0 N–H and O–H groups in total. The molecule has 0 radical (unpaired) electrons. The van der Waals surface area contributed by atoms with Gasteiger partial charge >= 0.3 is 29.6 Å². The molecule has 6 heteroatoms. The third-order valence-corrected chi connectivity index (χ3v) is 3.79. The zero-order valence-corrected chi connectivity index (χ0v) is 16.1. The predicted molar refractivity (Wildman–Crippen MR) is 77.2 cm³/mol. The van der Waals surface area contributed by atoms with Crippen molar-refractivity contribution >= 4 is 10.1 Å². The molecule has 0 saturated heterocycles. The van der Waals surface area contributed by atoms with Crippen LogP contribution in [0.1, 0.15) is 71.1 Å². The first-order valence-corrected chi connectivity index (χ1v) is 9.15. The Bertz CT molecular complexity index is 281. The van der Waals surface area contributed by atoms with Crippen LogP contribution in [0.5, 0.6) is 0 Å². The van der Waals surface area contributed by atoms with Gasteiger partial charge in [0.25, 0.3) is 0 Å². The van der Waals surface area contributed by atoms with E-state index < -0.39 is 15.9 Å². The fourth-order valence-electron chi connectivity index (χ4n) is 1.95. The van der Waals surface area contributed by atoms with Crippen molar-refractivity contribution in [3.8, 4) is 0 Å². The second-order valence-electron chi connectivity index (χ2n) is 5.06. The second-order valence-corrected chi connectivity index (χ2v) is 6.58. The molecule has 20 heavy (non-hydrogen) atoms. The maximum absolute atomic E-state index is 10.3. The average molecular weight is 316 g/mol. The molecule has 0 spiro atoms. The smallest absolute Gasteiger partial charge is 0.748 e. The van der Waals surface area contributed by atoms with Crippen LogP contribution in [0.25, 0.3) is 0 Å². The summed E-state index contributed by atoms with van der Waals surface area (Å²) in [6.07, 6.45) is 12.6. The van der Waals surface area contributed by atoms with Crippen molar-refractivity contribution in [3.05, 3.63) is 0 Å². The molecule has 0 aliphatic carbocycles. The zero-order valence-electron chi connectivity index (χ0n) is 13.2. The summed E-state index contributed by atoms with van der Waals surface area (Å²) < 4.78 is 36.0. The van der Waals surface area contributed by atoms with E-state index in [1.165, 1.54) is 51.4 Å².